The van der Waals surface area contributed by atoms with Gasteiger partial charge in [-0.25, -0.2) is 18.1 Å². The third kappa shape index (κ3) is 5.07. The molecular weight excluding hydrogens is 446 g/mol. The number of furan rings is 1. The van der Waals surface area contributed by atoms with E-state index in [2.05, 4.69) is 15.0 Å². The molecule has 2 aromatic heterocycles. The highest BCUT2D eigenvalue weighted by Crippen LogP contribution is 2.31. The van der Waals surface area contributed by atoms with Crippen LogP contribution in [0.25, 0.3) is 21.0 Å². The van der Waals surface area contributed by atoms with Crippen molar-refractivity contribution in [3.8, 4) is 10.8 Å². The van der Waals surface area contributed by atoms with Gasteiger partial charge in [0.05, 0.1) is 21.7 Å². The van der Waals surface area contributed by atoms with Crippen molar-refractivity contribution < 1.29 is 17.6 Å². The van der Waals surface area contributed by atoms with Crippen molar-refractivity contribution in [3.05, 3.63) is 72.0 Å². The highest BCUT2D eigenvalue weighted by molar-refractivity contribution is 7.89. The van der Waals surface area contributed by atoms with Crippen LogP contribution in [0.1, 0.15) is 36.9 Å². The summed E-state index contributed by atoms with van der Waals surface area (Å²) in [5, 5.41) is 3.54. The molecule has 0 radical (unpaired) electrons. The zero-order valence-electron chi connectivity index (χ0n) is 17.9. The number of sulfonamides is 1. The maximum atomic E-state index is 12.6. The van der Waals surface area contributed by atoms with E-state index >= 15 is 0 Å². The summed E-state index contributed by atoms with van der Waals surface area (Å²) in [4.78, 5) is 17.2. The molecule has 4 aromatic rings. The van der Waals surface area contributed by atoms with Crippen molar-refractivity contribution in [1.29, 1.82) is 0 Å². The van der Waals surface area contributed by atoms with Gasteiger partial charge in [-0.3, -0.25) is 4.79 Å². The number of carbonyl (C=O) groups is 1. The Kier molecular flexibility index (Phi) is 5.89. The molecule has 0 aliphatic carbocycles. The van der Waals surface area contributed by atoms with E-state index in [0.717, 1.165) is 15.2 Å². The van der Waals surface area contributed by atoms with Gasteiger partial charge in [-0.05, 0) is 63.2 Å². The van der Waals surface area contributed by atoms with Gasteiger partial charge in [-0.15, -0.1) is 11.3 Å². The quantitative estimate of drug-likeness (QED) is 0.431. The van der Waals surface area contributed by atoms with Gasteiger partial charge in [0, 0.05) is 11.1 Å². The van der Waals surface area contributed by atoms with E-state index in [1.165, 1.54) is 23.5 Å². The molecule has 0 unspecified atom stereocenters. The van der Waals surface area contributed by atoms with Gasteiger partial charge in [0.2, 0.25) is 10.0 Å². The fourth-order valence-corrected chi connectivity index (χ4v) is 5.49. The molecule has 4 rings (SSSR count). The Morgan fingerprint density at radius 2 is 1.84 bits per heavy atom. The molecule has 0 saturated carbocycles. The van der Waals surface area contributed by atoms with E-state index in [1.54, 1.807) is 39.0 Å². The summed E-state index contributed by atoms with van der Waals surface area (Å²) in [6.07, 6.45) is 0. The summed E-state index contributed by atoms with van der Waals surface area (Å²) in [5.41, 5.74) is 0.534. The molecule has 1 amide bonds. The number of hydrogen-bond donors (Lipinski definition) is 2. The molecule has 0 atom stereocenters. The molecule has 0 bridgehead atoms. The Bertz CT molecular complexity index is 1350. The van der Waals surface area contributed by atoms with Crippen LogP contribution in [-0.2, 0) is 16.6 Å². The van der Waals surface area contributed by atoms with E-state index in [1.807, 2.05) is 30.3 Å². The van der Waals surface area contributed by atoms with E-state index in [-0.39, 0.29) is 17.0 Å². The fourth-order valence-electron chi connectivity index (χ4n) is 3.10. The van der Waals surface area contributed by atoms with Gasteiger partial charge in [0.15, 0.2) is 10.8 Å². The Labute approximate surface area is 190 Å². The number of nitrogens with one attached hydrogen (secondary N) is 2. The second-order valence-corrected chi connectivity index (χ2v) is 11.0. The average Bonchev–Trinajstić information content (AvgIpc) is 3.37. The van der Waals surface area contributed by atoms with Crippen LogP contribution in [0.15, 0.2) is 70.0 Å². The molecule has 0 fully saturated rings. The molecule has 2 N–H and O–H groups in total. The fraction of sp³-hybridized carbons (Fsp3) is 0.217. The van der Waals surface area contributed by atoms with Crippen molar-refractivity contribution in [3.63, 3.8) is 0 Å². The van der Waals surface area contributed by atoms with Gasteiger partial charge in [-0.2, -0.15) is 0 Å². The van der Waals surface area contributed by atoms with Crippen molar-refractivity contribution in [2.45, 2.75) is 37.8 Å². The minimum absolute atomic E-state index is 0.0381. The molecule has 7 nitrogen and oxygen atoms in total. The van der Waals surface area contributed by atoms with Crippen LogP contribution in [-0.4, -0.2) is 24.8 Å². The van der Waals surface area contributed by atoms with Crippen LogP contribution >= 0.6 is 11.3 Å². The monoisotopic (exact) mass is 469 g/mol. The van der Waals surface area contributed by atoms with Crippen molar-refractivity contribution in [1.82, 2.24) is 15.0 Å². The van der Waals surface area contributed by atoms with Gasteiger partial charge in [0.1, 0.15) is 5.76 Å². The zero-order chi connectivity index (χ0) is 22.9. The number of hydrogen-bond acceptors (Lipinski definition) is 6. The molecule has 166 valence electrons. The smallest absolute Gasteiger partial charge is 0.251 e. The number of rotatable bonds is 6. The lowest BCUT2D eigenvalue weighted by atomic mass is 10.1. The number of benzene rings is 2. The van der Waals surface area contributed by atoms with Crippen LogP contribution in [0.5, 0.6) is 0 Å². The first-order valence-electron chi connectivity index (χ1n) is 9.98. The van der Waals surface area contributed by atoms with E-state index in [0.29, 0.717) is 11.5 Å². The first-order chi connectivity index (χ1) is 15.1. The summed E-state index contributed by atoms with van der Waals surface area (Å²) >= 11 is 1.54. The topological polar surface area (TPSA) is 101 Å². The van der Waals surface area contributed by atoms with Gasteiger partial charge >= 0.3 is 0 Å². The molecule has 0 aliphatic heterocycles. The van der Waals surface area contributed by atoms with Crippen LogP contribution in [0.4, 0.5) is 0 Å². The Balaban J connectivity index is 1.44. The standard InChI is InChI=1S/C23H23N3O4S2/c1-23(2,3)26-32(28,29)17-8-6-7-15(13-17)21(27)24-14-16-11-12-19(30-16)22-25-18-9-4-5-10-20(18)31-22/h4-13,26H,14H2,1-3H3,(H,24,27). The number of carbonyl (C=O) groups excluding carboxylic acids is 1. The van der Waals surface area contributed by atoms with Gasteiger partial charge in [-0.1, -0.05) is 18.2 Å². The maximum Gasteiger partial charge on any atom is 0.251 e. The highest BCUT2D eigenvalue weighted by atomic mass is 32.2. The molecule has 0 spiro atoms. The molecule has 32 heavy (non-hydrogen) atoms. The number of thiazole rings is 1. The first kappa shape index (κ1) is 22.2. The minimum Gasteiger partial charge on any atom is -0.457 e. The summed E-state index contributed by atoms with van der Waals surface area (Å²) in [6.45, 7) is 5.44. The summed E-state index contributed by atoms with van der Waals surface area (Å²) < 4.78 is 34.6. The zero-order valence-corrected chi connectivity index (χ0v) is 19.5. The molecule has 2 aromatic carbocycles. The Morgan fingerprint density at radius 1 is 1.06 bits per heavy atom. The summed E-state index contributed by atoms with van der Waals surface area (Å²) in [7, 11) is -3.73. The number of amides is 1. The Morgan fingerprint density at radius 3 is 2.59 bits per heavy atom. The van der Waals surface area contributed by atoms with Gasteiger partial charge < -0.3 is 9.73 Å². The predicted octanol–water partition coefficient (Wildman–Crippen LogP) is 4.56. The number of fused-ring (bicyclic) bond motifs is 1. The predicted molar refractivity (Wildman–Crippen MR) is 125 cm³/mol. The molecule has 0 aliphatic rings. The van der Waals surface area contributed by atoms with Crippen molar-refractivity contribution in [2.75, 3.05) is 0 Å². The SMILES string of the molecule is CC(C)(C)NS(=O)(=O)c1cccc(C(=O)NCc2ccc(-c3nc4ccccc4s3)o2)c1. The van der Waals surface area contributed by atoms with Crippen LogP contribution in [0.3, 0.4) is 0 Å². The number of para-hydroxylation sites is 1. The molecular formula is C23H23N3O4S2. The normalized spacial score (nSPS) is 12.2. The second-order valence-electron chi connectivity index (χ2n) is 8.32. The average molecular weight is 470 g/mol. The third-order valence-electron chi connectivity index (χ3n) is 4.44. The molecule has 9 heteroatoms. The van der Waals surface area contributed by atoms with Crippen molar-refractivity contribution in [2.24, 2.45) is 0 Å². The lowest BCUT2D eigenvalue weighted by molar-refractivity contribution is 0.0948. The summed E-state index contributed by atoms with van der Waals surface area (Å²) in [6, 6.07) is 17.4. The lowest BCUT2D eigenvalue weighted by Gasteiger charge is -2.20. The third-order valence-corrected chi connectivity index (χ3v) is 7.24. The number of aromatic nitrogens is 1. The van der Waals surface area contributed by atoms with Crippen LogP contribution in [0, 0.1) is 0 Å². The first-order valence-corrected chi connectivity index (χ1v) is 12.3. The van der Waals surface area contributed by atoms with E-state index in [4.69, 9.17) is 4.42 Å². The van der Waals surface area contributed by atoms with E-state index in [9.17, 15) is 13.2 Å². The highest BCUT2D eigenvalue weighted by Gasteiger charge is 2.23. The van der Waals surface area contributed by atoms with Crippen molar-refractivity contribution >= 4 is 37.5 Å². The summed E-state index contributed by atoms with van der Waals surface area (Å²) in [5.74, 6) is 0.818. The van der Waals surface area contributed by atoms with Crippen LogP contribution in [0.2, 0.25) is 0 Å². The lowest BCUT2D eigenvalue weighted by Crippen LogP contribution is -2.40. The minimum atomic E-state index is -3.73. The van der Waals surface area contributed by atoms with Crippen LogP contribution < -0.4 is 10.0 Å². The second kappa shape index (κ2) is 8.50. The molecule has 2 heterocycles. The molecule has 0 saturated heterocycles. The maximum absolute atomic E-state index is 12.6. The van der Waals surface area contributed by atoms with Gasteiger partial charge in [0.25, 0.3) is 5.91 Å². The van der Waals surface area contributed by atoms with E-state index < -0.39 is 21.5 Å². The Hall–Kier alpha value is -3.01. The largest absolute Gasteiger partial charge is 0.457 e. The number of nitrogens with zero attached hydrogens (tertiary/aromatic N) is 1.